The number of hydrogen-bond acceptors (Lipinski definition) is 4. The van der Waals surface area contributed by atoms with Gasteiger partial charge in [-0.3, -0.25) is 0 Å². The van der Waals surface area contributed by atoms with Crippen molar-refractivity contribution >= 4 is 54.5 Å². The van der Waals surface area contributed by atoms with E-state index in [0.717, 1.165) is 60.7 Å². The van der Waals surface area contributed by atoms with E-state index >= 15 is 0 Å². The predicted octanol–water partition coefficient (Wildman–Crippen LogP) is 11.0. The summed E-state index contributed by atoms with van der Waals surface area (Å²) >= 11 is 0. The van der Waals surface area contributed by atoms with Gasteiger partial charge in [-0.25, -0.2) is 15.0 Å². The van der Waals surface area contributed by atoms with E-state index in [9.17, 15) is 0 Å². The minimum absolute atomic E-state index is 0.604. The molecule has 3 aromatic heterocycles. The molecule has 0 unspecified atom stereocenters. The highest BCUT2D eigenvalue weighted by molar-refractivity contribution is 6.13. The fourth-order valence-electron chi connectivity index (χ4n) is 7.01. The molecule has 7 aromatic carbocycles. The molecule has 10 rings (SSSR count). The maximum absolute atomic E-state index is 6.57. The van der Waals surface area contributed by atoms with Crippen molar-refractivity contribution < 1.29 is 4.42 Å². The topological polar surface area (TPSA) is 56.7 Å². The van der Waals surface area contributed by atoms with Gasteiger partial charge in [0.25, 0.3) is 0 Å². The first-order chi connectivity index (χ1) is 23.8. The molecular weight excluding hydrogens is 589 g/mol. The molecule has 0 spiro atoms. The highest BCUT2D eigenvalue weighted by atomic mass is 16.3. The van der Waals surface area contributed by atoms with Crippen LogP contribution in [0.5, 0.6) is 0 Å². The number of rotatable bonds is 4. The Labute approximate surface area is 275 Å². The van der Waals surface area contributed by atoms with Crippen LogP contribution < -0.4 is 0 Å². The van der Waals surface area contributed by atoms with Gasteiger partial charge in [0.15, 0.2) is 17.5 Å². The number of aromatic nitrogens is 4. The van der Waals surface area contributed by atoms with E-state index in [1.54, 1.807) is 0 Å². The molecule has 0 saturated heterocycles. The Morgan fingerprint density at radius 1 is 0.417 bits per heavy atom. The SMILES string of the molecule is c1ccc(-c2nc(-c3ccc4ccccc4c3)nc(-c3cccc4oc5cc(-n6c7ccccc7c7ccccc76)ccc5c34)n2)cc1. The van der Waals surface area contributed by atoms with Crippen LogP contribution in [0, 0.1) is 0 Å². The molecule has 0 amide bonds. The van der Waals surface area contributed by atoms with E-state index in [2.05, 4.69) is 120 Å². The first-order valence-electron chi connectivity index (χ1n) is 16.0. The number of hydrogen-bond donors (Lipinski definition) is 0. The van der Waals surface area contributed by atoms with E-state index in [1.165, 1.54) is 16.2 Å². The second-order valence-electron chi connectivity index (χ2n) is 12.1. The van der Waals surface area contributed by atoms with Crippen molar-refractivity contribution in [2.24, 2.45) is 0 Å². The molecule has 0 radical (unpaired) electrons. The van der Waals surface area contributed by atoms with Gasteiger partial charge in [-0.1, -0.05) is 115 Å². The van der Waals surface area contributed by atoms with Crippen LogP contribution in [-0.4, -0.2) is 19.5 Å². The third-order valence-corrected chi connectivity index (χ3v) is 9.23. The van der Waals surface area contributed by atoms with E-state index in [4.69, 9.17) is 19.4 Å². The zero-order chi connectivity index (χ0) is 31.6. The fraction of sp³-hybridized carbons (Fsp3) is 0. The number of fused-ring (bicyclic) bond motifs is 7. The average Bonchev–Trinajstić information content (AvgIpc) is 3.70. The van der Waals surface area contributed by atoms with Crippen LogP contribution in [-0.2, 0) is 0 Å². The molecule has 0 atom stereocenters. The van der Waals surface area contributed by atoms with Crippen LogP contribution in [0.25, 0.3) is 94.4 Å². The van der Waals surface area contributed by atoms with Crippen molar-refractivity contribution in [1.29, 1.82) is 0 Å². The lowest BCUT2D eigenvalue weighted by Crippen LogP contribution is -2.00. The van der Waals surface area contributed by atoms with Gasteiger partial charge in [0, 0.05) is 50.0 Å². The summed E-state index contributed by atoms with van der Waals surface area (Å²) in [6, 6.07) is 54.5. The third kappa shape index (κ3) is 4.15. The summed E-state index contributed by atoms with van der Waals surface area (Å²) in [5, 5.41) is 6.77. The van der Waals surface area contributed by atoms with Crippen LogP contribution in [0.3, 0.4) is 0 Å². The molecule has 224 valence electrons. The average molecular weight is 615 g/mol. The summed E-state index contributed by atoms with van der Waals surface area (Å²) < 4.78 is 8.88. The first kappa shape index (κ1) is 26.6. The Morgan fingerprint density at radius 3 is 1.88 bits per heavy atom. The maximum Gasteiger partial charge on any atom is 0.164 e. The summed E-state index contributed by atoms with van der Waals surface area (Å²) in [5.74, 6) is 1.86. The zero-order valence-corrected chi connectivity index (χ0v) is 25.7. The second-order valence-corrected chi connectivity index (χ2v) is 12.1. The van der Waals surface area contributed by atoms with Crippen molar-refractivity contribution in [3.05, 3.63) is 158 Å². The Kier molecular flexibility index (Phi) is 5.81. The molecule has 0 fully saturated rings. The predicted molar refractivity (Wildman–Crippen MR) is 195 cm³/mol. The Hall–Kier alpha value is -6.59. The molecule has 0 aliphatic heterocycles. The summed E-state index contributed by atoms with van der Waals surface area (Å²) in [5.41, 5.74) is 7.74. The highest BCUT2D eigenvalue weighted by Crippen LogP contribution is 2.39. The number of nitrogens with zero attached hydrogens (tertiary/aromatic N) is 4. The largest absolute Gasteiger partial charge is 0.456 e. The molecule has 10 aromatic rings. The molecule has 0 N–H and O–H groups in total. The van der Waals surface area contributed by atoms with Gasteiger partial charge >= 0.3 is 0 Å². The smallest absolute Gasteiger partial charge is 0.164 e. The molecule has 0 bridgehead atoms. The van der Waals surface area contributed by atoms with Crippen LogP contribution in [0.15, 0.2) is 162 Å². The lowest BCUT2D eigenvalue weighted by Gasteiger charge is -2.10. The van der Waals surface area contributed by atoms with E-state index in [-0.39, 0.29) is 0 Å². The molecule has 5 heteroatoms. The molecule has 0 aliphatic rings. The van der Waals surface area contributed by atoms with Gasteiger partial charge in [-0.2, -0.15) is 0 Å². The lowest BCUT2D eigenvalue weighted by atomic mass is 10.0. The van der Waals surface area contributed by atoms with Gasteiger partial charge < -0.3 is 8.98 Å². The fourth-order valence-corrected chi connectivity index (χ4v) is 7.01. The molecular formula is C43H26N4O. The third-order valence-electron chi connectivity index (χ3n) is 9.23. The standard InChI is InChI=1S/C43H26N4O/c1-2-12-28(13-3-1)41-44-42(30-22-21-27-11-4-5-14-29(27)25-30)46-43(45-41)35-17-10-20-38-40(35)34-24-23-31(26-39(34)48-38)47-36-18-8-6-15-32(36)33-16-7-9-19-37(33)47/h1-26H. The number of para-hydroxylation sites is 2. The van der Waals surface area contributed by atoms with Crippen LogP contribution in [0.2, 0.25) is 0 Å². The number of benzene rings is 7. The molecule has 0 aliphatic carbocycles. The summed E-state index contributed by atoms with van der Waals surface area (Å²) in [6.07, 6.45) is 0. The van der Waals surface area contributed by atoms with Crippen molar-refractivity contribution in [2.75, 3.05) is 0 Å². The van der Waals surface area contributed by atoms with Crippen molar-refractivity contribution in [1.82, 2.24) is 19.5 Å². The van der Waals surface area contributed by atoms with Crippen molar-refractivity contribution in [3.8, 4) is 39.9 Å². The van der Waals surface area contributed by atoms with Crippen molar-refractivity contribution in [3.63, 3.8) is 0 Å². The zero-order valence-electron chi connectivity index (χ0n) is 25.7. The Bertz CT molecular complexity index is 2800. The van der Waals surface area contributed by atoms with E-state index in [1.807, 2.05) is 42.5 Å². The first-order valence-corrected chi connectivity index (χ1v) is 16.0. The lowest BCUT2D eigenvalue weighted by molar-refractivity contribution is 0.668. The van der Waals surface area contributed by atoms with Crippen LogP contribution >= 0.6 is 0 Å². The monoisotopic (exact) mass is 614 g/mol. The van der Waals surface area contributed by atoms with Gasteiger partial charge in [-0.05, 0) is 47.2 Å². The Balaban J connectivity index is 1.18. The van der Waals surface area contributed by atoms with Crippen LogP contribution in [0.4, 0.5) is 0 Å². The van der Waals surface area contributed by atoms with E-state index < -0.39 is 0 Å². The summed E-state index contributed by atoms with van der Waals surface area (Å²) in [7, 11) is 0. The summed E-state index contributed by atoms with van der Waals surface area (Å²) in [4.78, 5) is 15.1. The summed E-state index contributed by atoms with van der Waals surface area (Å²) in [6.45, 7) is 0. The molecule has 5 nitrogen and oxygen atoms in total. The maximum atomic E-state index is 6.57. The van der Waals surface area contributed by atoms with E-state index in [0.29, 0.717) is 17.5 Å². The van der Waals surface area contributed by atoms with Gasteiger partial charge in [0.1, 0.15) is 11.2 Å². The minimum Gasteiger partial charge on any atom is -0.456 e. The highest BCUT2D eigenvalue weighted by Gasteiger charge is 2.19. The second kappa shape index (κ2) is 10.5. The van der Waals surface area contributed by atoms with Gasteiger partial charge in [-0.15, -0.1) is 0 Å². The molecule has 0 saturated carbocycles. The Morgan fingerprint density at radius 2 is 1.08 bits per heavy atom. The minimum atomic E-state index is 0.604. The quantitative estimate of drug-likeness (QED) is 0.198. The number of furan rings is 1. The normalized spacial score (nSPS) is 11.8. The van der Waals surface area contributed by atoms with Gasteiger partial charge in [0.2, 0.25) is 0 Å². The van der Waals surface area contributed by atoms with Gasteiger partial charge in [0.05, 0.1) is 11.0 Å². The van der Waals surface area contributed by atoms with Crippen LogP contribution in [0.1, 0.15) is 0 Å². The van der Waals surface area contributed by atoms with Crippen molar-refractivity contribution in [2.45, 2.75) is 0 Å². The molecule has 48 heavy (non-hydrogen) atoms. The molecule has 3 heterocycles.